The molecule has 0 atom stereocenters. The molecule has 0 aliphatic rings. The largest absolute Gasteiger partial charge is 0.497 e. The first-order valence-electron chi connectivity index (χ1n) is 4.90. The zero-order chi connectivity index (χ0) is 12.8. The second-order valence-electron chi connectivity index (χ2n) is 3.50. The number of benzene rings is 1. The van der Waals surface area contributed by atoms with Crippen molar-refractivity contribution in [3.8, 4) is 5.75 Å². The molecule has 0 aliphatic carbocycles. The van der Waals surface area contributed by atoms with Crippen molar-refractivity contribution >= 4 is 0 Å². The van der Waals surface area contributed by atoms with Crippen molar-refractivity contribution in [3.63, 3.8) is 0 Å². The molecule has 1 rings (SSSR count). The van der Waals surface area contributed by atoms with E-state index in [1.165, 1.54) is 7.11 Å². The van der Waals surface area contributed by atoms with Crippen molar-refractivity contribution < 1.29 is 14.6 Å². The average Bonchev–Trinajstić information content (AvgIpc) is 2.27. The van der Waals surface area contributed by atoms with Gasteiger partial charge < -0.3 is 4.74 Å². The number of methoxy groups -OCH3 is 1. The summed E-state index contributed by atoms with van der Waals surface area (Å²) in [5, 5.41) is 20.9. The van der Waals surface area contributed by atoms with Crippen LogP contribution in [0.3, 0.4) is 0 Å². The van der Waals surface area contributed by atoms with Crippen molar-refractivity contribution in [3.05, 3.63) is 50.1 Å². The third-order valence-corrected chi connectivity index (χ3v) is 2.30. The first kappa shape index (κ1) is 12.9. The molecule has 0 heterocycles. The van der Waals surface area contributed by atoms with Crippen LogP contribution >= 0.6 is 0 Å². The third-order valence-electron chi connectivity index (χ3n) is 2.30. The molecule has 0 saturated heterocycles. The molecular formula is C10H12N2O5. The minimum atomic E-state index is -0.741. The maximum Gasteiger partial charge on any atom is 0.217 e. The van der Waals surface area contributed by atoms with Gasteiger partial charge in [0, 0.05) is 9.85 Å². The Balaban J connectivity index is 2.94. The molecule has 7 nitrogen and oxygen atoms in total. The van der Waals surface area contributed by atoms with E-state index in [1.807, 2.05) is 0 Å². The van der Waals surface area contributed by atoms with Crippen molar-refractivity contribution in [1.82, 2.24) is 0 Å². The fourth-order valence-electron chi connectivity index (χ4n) is 1.52. The number of hydrogen-bond acceptors (Lipinski definition) is 5. The van der Waals surface area contributed by atoms with Gasteiger partial charge in [-0.05, 0) is 17.7 Å². The summed E-state index contributed by atoms with van der Waals surface area (Å²) < 4.78 is 4.98. The third kappa shape index (κ3) is 4.06. The Morgan fingerprint density at radius 3 is 2.29 bits per heavy atom. The highest BCUT2D eigenvalue weighted by Gasteiger charge is 2.23. The molecule has 0 bridgehead atoms. The van der Waals surface area contributed by atoms with Gasteiger partial charge in [0.1, 0.15) is 11.7 Å². The lowest BCUT2D eigenvalue weighted by Gasteiger charge is -2.10. The van der Waals surface area contributed by atoms with Crippen molar-refractivity contribution in [2.45, 2.75) is 5.92 Å². The van der Waals surface area contributed by atoms with E-state index in [2.05, 4.69) is 0 Å². The predicted octanol–water partition coefficient (Wildman–Crippen LogP) is 1.33. The molecule has 17 heavy (non-hydrogen) atoms. The smallest absolute Gasteiger partial charge is 0.217 e. The molecule has 1 aromatic carbocycles. The molecule has 0 saturated carbocycles. The lowest BCUT2D eigenvalue weighted by molar-refractivity contribution is -0.516. The van der Waals surface area contributed by atoms with Gasteiger partial charge in [-0.15, -0.1) is 0 Å². The molecular weight excluding hydrogens is 228 g/mol. The molecule has 1 aromatic rings. The summed E-state index contributed by atoms with van der Waals surface area (Å²) in [4.78, 5) is 19.8. The minimum Gasteiger partial charge on any atom is -0.497 e. The standard InChI is InChI=1S/C10H12N2O5/c1-17-10-4-2-3-8(5-10)9(6-11(13)14)7-12(15)16/h2-5,9H,6-7H2,1H3. The van der Waals surface area contributed by atoms with Crippen LogP contribution < -0.4 is 4.74 Å². The van der Waals surface area contributed by atoms with Gasteiger partial charge in [0.2, 0.25) is 13.1 Å². The Labute approximate surface area is 97.3 Å². The SMILES string of the molecule is COc1cccc(C(C[N+](=O)[O-])C[N+](=O)[O-])c1. The number of hydrogen-bond donors (Lipinski definition) is 0. The highest BCUT2D eigenvalue weighted by molar-refractivity contribution is 5.30. The van der Waals surface area contributed by atoms with Crippen molar-refractivity contribution in [2.24, 2.45) is 0 Å². The van der Waals surface area contributed by atoms with E-state index in [4.69, 9.17) is 4.74 Å². The Kier molecular flexibility index (Phi) is 4.38. The molecule has 0 aliphatic heterocycles. The van der Waals surface area contributed by atoms with Crippen LogP contribution in [0, 0.1) is 20.2 Å². The molecule has 7 heteroatoms. The Morgan fingerprint density at radius 1 is 1.24 bits per heavy atom. The monoisotopic (exact) mass is 240 g/mol. The maximum atomic E-state index is 10.5. The van der Waals surface area contributed by atoms with Crippen LogP contribution in [0.4, 0.5) is 0 Å². The van der Waals surface area contributed by atoms with E-state index in [0.29, 0.717) is 11.3 Å². The highest BCUT2D eigenvalue weighted by Crippen LogP contribution is 2.21. The molecule has 92 valence electrons. The van der Waals surface area contributed by atoms with E-state index in [0.717, 1.165) is 0 Å². The maximum absolute atomic E-state index is 10.5. The molecule has 0 N–H and O–H groups in total. The van der Waals surface area contributed by atoms with Crippen LogP contribution in [0.15, 0.2) is 24.3 Å². The van der Waals surface area contributed by atoms with Gasteiger partial charge >= 0.3 is 0 Å². The van der Waals surface area contributed by atoms with Gasteiger partial charge in [-0.3, -0.25) is 20.2 Å². The fraction of sp³-hybridized carbons (Fsp3) is 0.400. The Bertz CT molecular complexity index is 405. The van der Waals surface area contributed by atoms with Crippen molar-refractivity contribution in [1.29, 1.82) is 0 Å². The van der Waals surface area contributed by atoms with Crippen LogP contribution in [-0.4, -0.2) is 30.0 Å². The van der Waals surface area contributed by atoms with Crippen molar-refractivity contribution in [2.75, 3.05) is 20.2 Å². The zero-order valence-corrected chi connectivity index (χ0v) is 9.24. The van der Waals surface area contributed by atoms with Crippen LogP contribution in [0.5, 0.6) is 5.75 Å². The van der Waals surface area contributed by atoms with Gasteiger partial charge in [0.25, 0.3) is 0 Å². The van der Waals surface area contributed by atoms with Gasteiger partial charge in [0.15, 0.2) is 0 Å². The zero-order valence-electron chi connectivity index (χ0n) is 9.24. The lowest BCUT2D eigenvalue weighted by atomic mass is 9.99. The van der Waals surface area contributed by atoms with Crippen LogP contribution in [0.25, 0.3) is 0 Å². The van der Waals surface area contributed by atoms with E-state index in [-0.39, 0.29) is 0 Å². The number of nitrogens with zero attached hydrogens (tertiary/aromatic N) is 2. The summed E-state index contributed by atoms with van der Waals surface area (Å²) in [6, 6.07) is 6.54. The van der Waals surface area contributed by atoms with Crippen LogP contribution in [0.1, 0.15) is 11.5 Å². The molecule has 0 fully saturated rings. The van der Waals surface area contributed by atoms with Gasteiger partial charge in [0.05, 0.1) is 7.11 Å². The molecule has 0 amide bonds. The quantitative estimate of drug-likeness (QED) is 0.552. The first-order valence-corrected chi connectivity index (χ1v) is 4.90. The normalized spacial score (nSPS) is 10.2. The Hall–Kier alpha value is -2.18. The molecule has 0 radical (unpaired) electrons. The van der Waals surface area contributed by atoms with Crippen LogP contribution in [-0.2, 0) is 0 Å². The first-order chi connectivity index (χ1) is 8.02. The van der Waals surface area contributed by atoms with Crippen LogP contribution in [0.2, 0.25) is 0 Å². The average molecular weight is 240 g/mol. The summed E-state index contributed by atoms with van der Waals surface area (Å²) in [5.74, 6) is -0.214. The van der Waals surface area contributed by atoms with Gasteiger partial charge in [-0.1, -0.05) is 12.1 Å². The van der Waals surface area contributed by atoms with Gasteiger partial charge in [-0.2, -0.15) is 0 Å². The summed E-state index contributed by atoms with van der Waals surface area (Å²) in [6.07, 6.45) is 0. The molecule has 0 aromatic heterocycles. The minimum absolute atomic E-state index is 0.464. The van der Waals surface area contributed by atoms with E-state index >= 15 is 0 Å². The molecule has 0 unspecified atom stereocenters. The number of nitro groups is 2. The predicted molar refractivity (Wildman–Crippen MR) is 59.5 cm³/mol. The summed E-state index contributed by atoms with van der Waals surface area (Å²) in [7, 11) is 1.47. The highest BCUT2D eigenvalue weighted by atomic mass is 16.6. The molecule has 0 spiro atoms. The summed E-state index contributed by atoms with van der Waals surface area (Å²) in [6.45, 7) is -0.928. The Morgan fingerprint density at radius 2 is 1.82 bits per heavy atom. The lowest BCUT2D eigenvalue weighted by Crippen LogP contribution is -2.20. The summed E-state index contributed by atoms with van der Waals surface area (Å²) >= 11 is 0. The fourth-order valence-corrected chi connectivity index (χ4v) is 1.52. The topological polar surface area (TPSA) is 95.5 Å². The van der Waals surface area contributed by atoms with E-state index < -0.39 is 28.9 Å². The summed E-state index contributed by atoms with van der Waals surface area (Å²) in [5.41, 5.74) is 0.540. The van der Waals surface area contributed by atoms with E-state index in [9.17, 15) is 20.2 Å². The number of ether oxygens (including phenoxy) is 1. The second-order valence-corrected chi connectivity index (χ2v) is 3.50. The second kappa shape index (κ2) is 5.78. The van der Waals surface area contributed by atoms with Gasteiger partial charge in [-0.25, -0.2) is 0 Å². The van der Waals surface area contributed by atoms with E-state index in [1.54, 1.807) is 24.3 Å². The number of rotatable bonds is 6.